The second-order valence-electron chi connectivity index (χ2n) is 4.55. The third-order valence-corrected chi connectivity index (χ3v) is 3.57. The van der Waals surface area contributed by atoms with Crippen molar-refractivity contribution in [3.05, 3.63) is 57.8 Å². The first-order valence-electron chi connectivity index (χ1n) is 6.71. The molecule has 0 atom stereocenters. The standard InChI is InChI=1S/C16H16Cl2FNO/c1-2-8-21-16-7-6-11(9-14(16)18)20-10-12-13(17)4-3-5-15(12)19/h3-7,9,20H,2,8,10H2,1H3. The monoisotopic (exact) mass is 327 g/mol. The highest BCUT2D eigenvalue weighted by atomic mass is 35.5. The Kier molecular flexibility index (Phi) is 5.71. The summed E-state index contributed by atoms with van der Waals surface area (Å²) < 4.78 is 19.2. The summed E-state index contributed by atoms with van der Waals surface area (Å²) in [6.07, 6.45) is 0.919. The second-order valence-corrected chi connectivity index (χ2v) is 5.36. The van der Waals surface area contributed by atoms with E-state index in [1.54, 1.807) is 24.3 Å². The quantitative estimate of drug-likeness (QED) is 0.752. The van der Waals surface area contributed by atoms with Crippen LogP contribution in [0, 0.1) is 5.82 Å². The third kappa shape index (κ3) is 4.26. The van der Waals surface area contributed by atoms with Gasteiger partial charge in [-0.3, -0.25) is 0 Å². The summed E-state index contributed by atoms with van der Waals surface area (Å²) in [7, 11) is 0. The number of halogens is 3. The predicted octanol–water partition coefficient (Wildman–Crippen LogP) is 5.53. The van der Waals surface area contributed by atoms with Gasteiger partial charge in [-0.05, 0) is 36.8 Å². The van der Waals surface area contributed by atoms with Crippen LogP contribution in [0.5, 0.6) is 5.75 Å². The number of hydrogen-bond acceptors (Lipinski definition) is 2. The molecule has 0 aliphatic carbocycles. The summed E-state index contributed by atoms with van der Waals surface area (Å²) in [5.74, 6) is 0.317. The maximum atomic E-state index is 13.7. The van der Waals surface area contributed by atoms with Crippen LogP contribution in [0.1, 0.15) is 18.9 Å². The van der Waals surface area contributed by atoms with E-state index in [4.69, 9.17) is 27.9 Å². The van der Waals surface area contributed by atoms with E-state index in [2.05, 4.69) is 5.32 Å². The molecule has 2 aromatic carbocycles. The van der Waals surface area contributed by atoms with Gasteiger partial charge in [0.25, 0.3) is 0 Å². The van der Waals surface area contributed by atoms with Crippen molar-refractivity contribution in [3.63, 3.8) is 0 Å². The SMILES string of the molecule is CCCOc1ccc(NCc2c(F)cccc2Cl)cc1Cl. The lowest BCUT2D eigenvalue weighted by Gasteiger charge is -2.11. The van der Waals surface area contributed by atoms with E-state index in [1.807, 2.05) is 13.0 Å². The minimum atomic E-state index is -0.330. The first-order chi connectivity index (χ1) is 10.1. The summed E-state index contributed by atoms with van der Waals surface area (Å²) in [6.45, 7) is 2.94. The molecule has 0 heterocycles. The molecule has 5 heteroatoms. The van der Waals surface area contributed by atoms with Crippen LogP contribution in [-0.2, 0) is 6.54 Å². The molecular weight excluding hydrogens is 312 g/mol. The molecule has 0 amide bonds. The van der Waals surface area contributed by atoms with Gasteiger partial charge in [-0.2, -0.15) is 0 Å². The highest BCUT2D eigenvalue weighted by molar-refractivity contribution is 6.32. The van der Waals surface area contributed by atoms with E-state index in [0.717, 1.165) is 12.1 Å². The first kappa shape index (κ1) is 15.9. The van der Waals surface area contributed by atoms with Crippen molar-refractivity contribution in [2.24, 2.45) is 0 Å². The predicted molar refractivity (Wildman–Crippen MR) is 86.0 cm³/mol. The summed E-state index contributed by atoms with van der Waals surface area (Å²) in [4.78, 5) is 0. The normalized spacial score (nSPS) is 10.5. The molecule has 2 nitrogen and oxygen atoms in total. The van der Waals surface area contributed by atoms with Crippen LogP contribution in [0.3, 0.4) is 0 Å². The molecule has 2 aromatic rings. The molecule has 0 saturated heterocycles. The number of ether oxygens (including phenoxy) is 1. The fourth-order valence-electron chi connectivity index (χ4n) is 1.83. The van der Waals surface area contributed by atoms with Crippen molar-refractivity contribution in [1.29, 1.82) is 0 Å². The molecule has 0 aliphatic rings. The van der Waals surface area contributed by atoms with Gasteiger partial charge in [-0.15, -0.1) is 0 Å². The van der Waals surface area contributed by atoms with Gasteiger partial charge in [0, 0.05) is 22.8 Å². The van der Waals surface area contributed by atoms with E-state index in [0.29, 0.717) is 28.0 Å². The second kappa shape index (κ2) is 7.53. The zero-order chi connectivity index (χ0) is 15.2. The molecule has 0 radical (unpaired) electrons. The van der Waals surface area contributed by atoms with E-state index in [1.165, 1.54) is 6.07 Å². The van der Waals surface area contributed by atoms with Gasteiger partial charge in [-0.1, -0.05) is 36.2 Å². The molecule has 0 saturated carbocycles. The van der Waals surface area contributed by atoms with Gasteiger partial charge in [0.2, 0.25) is 0 Å². The zero-order valence-corrected chi connectivity index (χ0v) is 13.1. The number of anilines is 1. The van der Waals surface area contributed by atoms with Crippen LogP contribution in [0.4, 0.5) is 10.1 Å². The van der Waals surface area contributed by atoms with E-state index in [9.17, 15) is 4.39 Å². The average molecular weight is 328 g/mol. The summed E-state index contributed by atoms with van der Waals surface area (Å²) in [5.41, 5.74) is 1.21. The Morgan fingerprint density at radius 3 is 2.62 bits per heavy atom. The van der Waals surface area contributed by atoms with Crippen LogP contribution < -0.4 is 10.1 Å². The topological polar surface area (TPSA) is 21.3 Å². The Hall–Kier alpha value is -1.45. The molecule has 0 unspecified atom stereocenters. The smallest absolute Gasteiger partial charge is 0.138 e. The van der Waals surface area contributed by atoms with Gasteiger partial charge < -0.3 is 10.1 Å². The number of hydrogen-bond donors (Lipinski definition) is 1. The van der Waals surface area contributed by atoms with Crippen molar-refractivity contribution in [3.8, 4) is 5.75 Å². The van der Waals surface area contributed by atoms with Crippen molar-refractivity contribution >= 4 is 28.9 Å². The molecular formula is C16H16Cl2FNO. The molecule has 0 bridgehead atoms. The van der Waals surface area contributed by atoms with E-state index < -0.39 is 0 Å². The third-order valence-electron chi connectivity index (χ3n) is 2.92. The van der Waals surface area contributed by atoms with Gasteiger partial charge >= 0.3 is 0 Å². The molecule has 2 rings (SSSR count). The fraction of sp³-hybridized carbons (Fsp3) is 0.250. The highest BCUT2D eigenvalue weighted by Gasteiger charge is 2.07. The Morgan fingerprint density at radius 2 is 1.95 bits per heavy atom. The van der Waals surface area contributed by atoms with E-state index >= 15 is 0 Å². The number of nitrogens with one attached hydrogen (secondary N) is 1. The molecule has 0 fully saturated rings. The minimum absolute atomic E-state index is 0.289. The lowest BCUT2D eigenvalue weighted by atomic mass is 10.2. The number of benzene rings is 2. The highest BCUT2D eigenvalue weighted by Crippen LogP contribution is 2.28. The zero-order valence-electron chi connectivity index (χ0n) is 11.6. The average Bonchev–Trinajstić information content (AvgIpc) is 2.46. The lowest BCUT2D eigenvalue weighted by Crippen LogP contribution is -2.03. The van der Waals surface area contributed by atoms with Crippen LogP contribution >= 0.6 is 23.2 Å². The Labute approximate surface area is 133 Å². The first-order valence-corrected chi connectivity index (χ1v) is 7.46. The van der Waals surface area contributed by atoms with Gasteiger partial charge in [-0.25, -0.2) is 4.39 Å². The Morgan fingerprint density at radius 1 is 1.14 bits per heavy atom. The van der Waals surface area contributed by atoms with Crippen LogP contribution in [0.2, 0.25) is 10.0 Å². The summed E-state index contributed by atoms with van der Waals surface area (Å²) in [6, 6.07) is 10.0. The Balaban J connectivity index is 2.05. The van der Waals surface area contributed by atoms with Gasteiger partial charge in [0.15, 0.2) is 0 Å². The molecule has 1 N–H and O–H groups in total. The number of rotatable bonds is 6. The molecule has 0 spiro atoms. The van der Waals surface area contributed by atoms with Crippen molar-refractivity contribution in [2.45, 2.75) is 19.9 Å². The summed E-state index contributed by atoms with van der Waals surface area (Å²) >= 11 is 12.1. The van der Waals surface area contributed by atoms with Crippen molar-refractivity contribution in [2.75, 3.05) is 11.9 Å². The van der Waals surface area contributed by atoms with Crippen LogP contribution in [-0.4, -0.2) is 6.61 Å². The molecule has 0 aromatic heterocycles. The van der Waals surface area contributed by atoms with Crippen LogP contribution in [0.15, 0.2) is 36.4 Å². The summed E-state index contributed by atoms with van der Waals surface area (Å²) in [5, 5.41) is 4.02. The maximum Gasteiger partial charge on any atom is 0.138 e. The van der Waals surface area contributed by atoms with Crippen LogP contribution in [0.25, 0.3) is 0 Å². The minimum Gasteiger partial charge on any atom is -0.492 e. The van der Waals surface area contributed by atoms with E-state index in [-0.39, 0.29) is 12.4 Å². The molecule has 0 aliphatic heterocycles. The van der Waals surface area contributed by atoms with Gasteiger partial charge in [0.05, 0.1) is 11.6 Å². The Bertz CT molecular complexity index is 599. The van der Waals surface area contributed by atoms with Crippen molar-refractivity contribution < 1.29 is 9.13 Å². The molecule has 112 valence electrons. The maximum absolute atomic E-state index is 13.7. The van der Waals surface area contributed by atoms with Crippen molar-refractivity contribution in [1.82, 2.24) is 0 Å². The largest absolute Gasteiger partial charge is 0.492 e. The lowest BCUT2D eigenvalue weighted by molar-refractivity contribution is 0.317. The molecule has 21 heavy (non-hydrogen) atoms. The fourth-order valence-corrected chi connectivity index (χ4v) is 2.30. The van der Waals surface area contributed by atoms with Gasteiger partial charge in [0.1, 0.15) is 11.6 Å².